The van der Waals surface area contributed by atoms with Gasteiger partial charge in [0, 0.05) is 17.3 Å². The molecule has 0 aliphatic heterocycles. The molecule has 7 heteroatoms. The van der Waals surface area contributed by atoms with Crippen molar-refractivity contribution in [2.24, 2.45) is 0 Å². The van der Waals surface area contributed by atoms with Gasteiger partial charge >= 0.3 is 5.97 Å². The third kappa shape index (κ3) is 4.14. The van der Waals surface area contributed by atoms with Crippen LogP contribution in [-0.2, 0) is 4.79 Å². The lowest BCUT2D eigenvalue weighted by Crippen LogP contribution is -2.13. The molecular weight excluding hydrogens is 363 g/mol. The molecule has 1 heterocycles. The number of hydrogen-bond acceptors (Lipinski definition) is 4. The molecule has 2 aromatic carbocycles. The molecule has 0 aliphatic rings. The van der Waals surface area contributed by atoms with Gasteiger partial charge in [-0.3, -0.25) is 4.79 Å². The fraction of sp³-hybridized carbons (Fsp3) is 0. The molecule has 0 fully saturated rings. The van der Waals surface area contributed by atoms with Crippen molar-refractivity contribution in [1.29, 1.82) is 5.26 Å². The summed E-state index contributed by atoms with van der Waals surface area (Å²) in [5, 5.41) is 21.0. The molecule has 0 saturated carbocycles. The first-order valence-corrected chi connectivity index (χ1v) is 8.09. The van der Waals surface area contributed by atoms with Crippen molar-refractivity contribution in [3.63, 3.8) is 0 Å². The fourth-order valence-electron chi connectivity index (χ4n) is 2.48. The number of nitrogens with one attached hydrogen (secondary N) is 1. The second-order valence-corrected chi connectivity index (χ2v) is 5.68. The van der Waals surface area contributed by atoms with E-state index in [0.29, 0.717) is 17.0 Å². The Balaban J connectivity index is 1.85. The van der Waals surface area contributed by atoms with Crippen molar-refractivity contribution >= 4 is 23.6 Å². The zero-order chi connectivity index (χ0) is 20.1. The molecule has 1 amide bonds. The molecule has 0 spiro atoms. The van der Waals surface area contributed by atoms with Crippen molar-refractivity contribution in [3.05, 3.63) is 83.4 Å². The highest BCUT2D eigenvalue weighted by Gasteiger charge is 2.15. The number of amides is 1. The van der Waals surface area contributed by atoms with Gasteiger partial charge in [0.15, 0.2) is 0 Å². The molecule has 2 N–H and O–H groups in total. The number of nitrogens with zero attached hydrogens (tertiary/aromatic N) is 1. The first-order chi connectivity index (χ1) is 13.5. The summed E-state index contributed by atoms with van der Waals surface area (Å²) in [5.41, 5.74) is 0.561. The zero-order valence-electron chi connectivity index (χ0n) is 14.3. The van der Waals surface area contributed by atoms with Crippen LogP contribution >= 0.6 is 0 Å². The van der Waals surface area contributed by atoms with E-state index in [9.17, 15) is 24.3 Å². The van der Waals surface area contributed by atoms with E-state index in [1.165, 1.54) is 42.5 Å². The highest BCUT2D eigenvalue weighted by molar-refractivity contribution is 6.09. The van der Waals surface area contributed by atoms with Crippen LogP contribution in [0.15, 0.2) is 70.7 Å². The van der Waals surface area contributed by atoms with Gasteiger partial charge in [0.2, 0.25) is 0 Å². The van der Waals surface area contributed by atoms with E-state index < -0.39 is 17.7 Å². The Morgan fingerprint density at radius 2 is 1.79 bits per heavy atom. The van der Waals surface area contributed by atoms with Gasteiger partial charge in [-0.05, 0) is 42.5 Å². The van der Waals surface area contributed by atoms with Crippen molar-refractivity contribution in [2.45, 2.75) is 0 Å². The minimum absolute atomic E-state index is 0.0712. The quantitative estimate of drug-likeness (QED) is 0.510. The highest BCUT2D eigenvalue weighted by Crippen LogP contribution is 2.27. The molecule has 28 heavy (non-hydrogen) atoms. The minimum atomic E-state index is -1.10. The van der Waals surface area contributed by atoms with Gasteiger partial charge in [-0.2, -0.15) is 5.26 Å². The van der Waals surface area contributed by atoms with Crippen LogP contribution in [0.5, 0.6) is 0 Å². The molecule has 3 aromatic rings. The molecule has 1 aromatic heterocycles. The Kier molecular flexibility index (Phi) is 5.33. The Labute approximate surface area is 159 Å². The molecule has 0 atom stereocenters. The van der Waals surface area contributed by atoms with E-state index in [4.69, 9.17) is 4.42 Å². The van der Waals surface area contributed by atoms with Gasteiger partial charge < -0.3 is 14.8 Å². The van der Waals surface area contributed by atoms with E-state index in [1.807, 2.05) is 0 Å². The summed E-state index contributed by atoms with van der Waals surface area (Å²) in [4.78, 5) is 23.6. The van der Waals surface area contributed by atoms with E-state index in [0.717, 1.165) is 0 Å². The van der Waals surface area contributed by atoms with Crippen LogP contribution in [0, 0.1) is 17.1 Å². The summed E-state index contributed by atoms with van der Waals surface area (Å²) in [7, 11) is 0. The summed E-state index contributed by atoms with van der Waals surface area (Å²) in [5.74, 6) is -1.72. The molecule has 3 rings (SSSR count). The summed E-state index contributed by atoms with van der Waals surface area (Å²) < 4.78 is 18.5. The van der Waals surface area contributed by atoms with E-state index in [2.05, 4.69) is 5.32 Å². The average molecular weight is 376 g/mol. The second-order valence-electron chi connectivity index (χ2n) is 5.68. The van der Waals surface area contributed by atoms with Gasteiger partial charge in [0.05, 0.1) is 5.56 Å². The number of aromatic carboxylic acids is 1. The number of anilines is 1. The fourth-order valence-corrected chi connectivity index (χ4v) is 2.48. The van der Waals surface area contributed by atoms with Crippen LogP contribution in [0.2, 0.25) is 0 Å². The van der Waals surface area contributed by atoms with Crippen molar-refractivity contribution in [2.75, 3.05) is 5.32 Å². The van der Waals surface area contributed by atoms with Crippen LogP contribution in [0.4, 0.5) is 10.1 Å². The maximum Gasteiger partial charge on any atom is 0.336 e. The number of hydrogen-bond donors (Lipinski definition) is 2. The van der Waals surface area contributed by atoms with Gasteiger partial charge in [-0.25, -0.2) is 9.18 Å². The van der Waals surface area contributed by atoms with Gasteiger partial charge in [0.25, 0.3) is 5.91 Å². The SMILES string of the molecule is N#C/C(=C/c1ccc(-c2ccccc2C(=O)O)o1)C(=O)Nc1ccc(F)cc1. The molecule has 0 bridgehead atoms. The molecule has 0 aliphatic carbocycles. The first kappa shape index (κ1) is 18.6. The summed E-state index contributed by atoms with van der Waals surface area (Å²) in [6.07, 6.45) is 1.24. The lowest BCUT2D eigenvalue weighted by atomic mass is 10.1. The molecule has 0 saturated heterocycles. The van der Waals surface area contributed by atoms with Crippen LogP contribution in [0.3, 0.4) is 0 Å². The number of carbonyl (C=O) groups excluding carboxylic acids is 1. The smallest absolute Gasteiger partial charge is 0.336 e. The van der Waals surface area contributed by atoms with E-state index >= 15 is 0 Å². The average Bonchev–Trinajstić information content (AvgIpc) is 3.16. The third-order valence-electron chi connectivity index (χ3n) is 3.80. The summed E-state index contributed by atoms with van der Waals surface area (Å²) >= 11 is 0. The summed E-state index contributed by atoms with van der Waals surface area (Å²) in [6, 6.07) is 16.3. The molecule has 138 valence electrons. The number of carboxylic acids is 1. The Hall–Kier alpha value is -4.18. The maximum absolute atomic E-state index is 12.9. The zero-order valence-corrected chi connectivity index (χ0v) is 14.3. The first-order valence-electron chi connectivity index (χ1n) is 8.09. The van der Waals surface area contributed by atoms with Crippen LogP contribution in [-0.4, -0.2) is 17.0 Å². The van der Waals surface area contributed by atoms with Gasteiger partial charge in [-0.1, -0.05) is 18.2 Å². The van der Waals surface area contributed by atoms with Crippen molar-refractivity contribution in [3.8, 4) is 17.4 Å². The second kappa shape index (κ2) is 8.01. The number of rotatable bonds is 5. The van der Waals surface area contributed by atoms with Gasteiger partial charge in [-0.15, -0.1) is 0 Å². The lowest BCUT2D eigenvalue weighted by Gasteiger charge is -2.04. The highest BCUT2D eigenvalue weighted by atomic mass is 19.1. The number of carbonyl (C=O) groups is 2. The Bertz CT molecular complexity index is 1110. The monoisotopic (exact) mass is 376 g/mol. The predicted octanol–water partition coefficient (Wildman–Crippen LogP) is 4.33. The van der Waals surface area contributed by atoms with Crippen molar-refractivity contribution < 1.29 is 23.5 Å². The topological polar surface area (TPSA) is 103 Å². The van der Waals surface area contributed by atoms with Crippen molar-refractivity contribution in [1.82, 2.24) is 0 Å². The number of halogens is 1. The minimum Gasteiger partial charge on any atom is -0.478 e. The third-order valence-corrected chi connectivity index (χ3v) is 3.80. The predicted molar refractivity (Wildman–Crippen MR) is 99.7 cm³/mol. The van der Waals surface area contributed by atoms with E-state index in [1.54, 1.807) is 30.3 Å². The van der Waals surface area contributed by atoms with Crippen LogP contribution < -0.4 is 5.32 Å². The Morgan fingerprint density at radius 3 is 2.46 bits per heavy atom. The number of furan rings is 1. The molecule has 0 unspecified atom stereocenters. The lowest BCUT2D eigenvalue weighted by molar-refractivity contribution is -0.112. The molecular formula is C21H13FN2O4. The summed E-state index contributed by atoms with van der Waals surface area (Å²) in [6.45, 7) is 0. The number of nitriles is 1. The maximum atomic E-state index is 12.9. The Morgan fingerprint density at radius 1 is 1.07 bits per heavy atom. The standard InChI is InChI=1S/C21H13FN2O4/c22-14-5-7-15(8-6-14)24-20(25)13(12-23)11-16-9-10-19(28-16)17-3-1-2-4-18(17)21(26)27/h1-11H,(H,24,25)(H,26,27)/b13-11-. The number of benzene rings is 2. The van der Waals surface area contributed by atoms with Crippen LogP contribution in [0.25, 0.3) is 17.4 Å². The molecule has 6 nitrogen and oxygen atoms in total. The molecule has 0 radical (unpaired) electrons. The number of carboxylic acid groups (broad SMARTS) is 1. The van der Waals surface area contributed by atoms with Crippen LogP contribution in [0.1, 0.15) is 16.1 Å². The normalized spacial score (nSPS) is 10.9. The van der Waals surface area contributed by atoms with Gasteiger partial charge in [0.1, 0.15) is 29.0 Å². The van der Waals surface area contributed by atoms with E-state index in [-0.39, 0.29) is 16.9 Å². The largest absolute Gasteiger partial charge is 0.478 e.